The minimum Gasteiger partial charge on any atom is -0.387 e. The normalized spacial score (nSPS) is 12.6. The molecule has 0 saturated carbocycles. The molecule has 0 radical (unpaired) electrons. The van der Waals surface area contributed by atoms with Crippen LogP contribution in [0, 0.1) is 6.92 Å². The van der Waals surface area contributed by atoms with Crippen molar-refractivity contribution in [3.8, 4) is 0 Å². The zero-order valence-corrected chi connectivity index (χ0v) is 19.4. The van der Waals surface area contributed by atoms with Crippen LogP contribution in [0.1, 0.15) is 108 Å². The van der Waals surface area contributed by atoms with Crippen molar-refractivity contribution < 1.29 is 5.11 Å². The second-order valence-electron chi connectivity index (χ2n) is 8.36. The first-order chi connectivity index (χ1) is 13.6. The fraction of sp³-hybridized carbons (Fsp3) is 0.760. The van der Waals surface area contributed by atoms with E-state index in [1.54, 1.807) is 0 Å². The predicted octanol–water partition coefficient (Wildman–Crippen LogP) is 7.70. The Balaban J connectivity index is 2.46. The van der Waals surface area contributed by atoms with Gasteiger partial charge in [-0.15, -0.1) is 0 Å². The third kappa shape index (κ3) is 11.4. The fourth-order valence-electron chi connectivity index (χ4n) is 3.75. The molecule has 1 atom stereocenters. The lowest BCUT2D eigenvalue weighted by molar-refractivity contribution is 0.110. The number of unbranched alkanes of at least 4 members (excludes halogenated alkanes) is 10. The van der Waals surface area contributed by atoms with E-state index in [1.807, 2.05) is 25.1 Å². The second kappa shape index (κ2) is 16.3. The van der Waals surface area contributed by atoms with E-state index in [1.165, 1.54) is 77.0 Å². The molecule has 0 spiro atoms. The van der Waals surface area contributed by atoms with Crippen LogP contribution in [0.2, 0.25) is 5.02 Å². The standard InChI is InChI=1S/C25H44ClNO/c1-4-6-8-10-12-14-18-27(19-15-13-11-9-7-5-2)21-25(28)23-16-17-24(26)22(3)20-23/h16-17,20,25,28H,4-15,18-19,21H2,1-3H3. The first-order valence-electron chi connectivity index (χ1n) is 11.7. The monoisotopic (exact) mass is 409 g/mol. The molecule has 1 rings (SSSR count). The Labute approximate surface area is 179 Å². The third-order valence-corrected chi connectivity index (χ3v) is 6.08. The van der Waals surface area contributed by atoms with Crippen molar-refractivity contribution in [1.82, 2.24) is 4.90 Å². The van der Waals surface area contributed by atoms with E-state index in [9.17, 15) is 5.11 Å². The molecule has 0 aliphatic rings. The van der Waals surface area contributed by atoms with Crippen molar-refractivity contribution in [3.63, 3.8) is 0 Å². The predicted molar refractivity (Wildman–Crippen MR) is 124 cm³/mol. The van der Waals surface area contributed by atoms with E-state index in [0.717, 1.165) is 35.8 Å². The lowest BCUT2D eigenvalue weighted by Crippen LogP contribution is -2.31. The van der Waals surface area contributed by atoms with Crippen LogP contribution >= 0.6 is 11.6 Å². The number of benzene rings is 1. The molecule has 1 unspecified atom stereocenters. The Hall–Kier alpha value is -0.570. The van der Waals surface area contributed by atoms with Crippen LogP contribution < -0.4 is 0 Å². The molecular formula is C25H44ClNO. The molecule has 1 aromatic carbocycles. The summed E-state index contributed by atoms with van der Waals surface area (Å²) in [6, 6.07) is 5.90. The van der Waals surface area contributed by atoms with Crippen molar-refractivity contribution in [2.75, 3.05) is 19.6 Å². The van der Waals surface area contributed by atoms with Gasteiger partial charge >= 0.3 is 0 Å². The summed E-state index contributed by atoms with van der Waals surface area (Å²) in [4.78, 5) is 2.48. The number of aryl methyl sites for hydroxylation is 1. The molecule has 0 bridgehead atoms. The summed E-state index contributed by atoms with van der Waals surface area (Å²) >= 11 is 6.14. The van der Waals surface area contributed by atoms with Crippen molar-refractivity contribution >= 4 is 11.6 Å². The highest BCUT2D eigenvalue weighted by molar-refractivity contribution is 6.31. The van der Waals surface area contributed by atoms with Crippen LogP contribution in [0.3, 0.4) is 0 Å². The number of hydrogen-bond donors (Lipinski definition) is 1. The Morgan fingerprint density at radius 2 is 1.32 bits per heavy atom. The second-order valence-corrected chi connectivity index (χ2v) is 8.77. The van der Waals surface area contributed by atoms with Gasteiger partial charge in [0, 0.05) is 11.6 Å². The molecule has 0 heterocycles. The summed E-state index contributed by atoms with van der Waals surface area (Å²) in [7, 11) is 0. The number of halogens is 1. The smallest absolute Gasteiger partial charge is 0.0917 e. The number of nitrogens with zero attached hydrogens (tertiary/aromatic N) is 1. The number of aliphatic hydroxyl groups excluding tert-OH is 1. The maximum atomic E-state index is 10.8. The van der Waals surface area contributed by atoms with Crippen molar-refractivity contribution in [2.45, 2.75) is 104 Å². The van der Waals surface area contributed by atoms with Crippen LogP contribution in [0.5, 0.6) is 0 Å². The molecule has 0 amide bonds. The van der Waals surface area contributed by atoms with Crippen LogP contribution in [-0.2, 0) is 0 Å². The first kappa shape index (κ1) is 25.5. The Morgan fingerprint density at radius 1 is 0.821 bits per heavy atom. The summed E-state index contributed by atoms with van der Waals surface area (Å²) in [5, 5.41) is 11.5. The molecule has 0 aromatic heterocycles. The van der Waals surface area contributed by atoms with Gasteiger partial charge in [0.25, 0.3) is 0 Å². The zero-order valence-electron chi connectivity index (χ0n) is 18.7. The molecule has 0 aliphatic heterocycles. The average Bonchev–Trinajstić information content (AvgIpc) is 2.68. The van der Waals surface area contributed by atoms with E-state index in [-0.39, 0.29) is 0 Å². The lowest BCUT2D eigenvalue weighted by Gasteiger charge is -2.25. The maximum Gasteiger partial charge on any atom is 0.0917 e. The lowest BCUT2D eigenvalue weighted by atomic mass is 10.1. The summed E-state index contributed by atoms with van der Waals surface area (Å²) in [5.74, 6) is 0. The molecule has 0 fully saturated rings. The topological polar surface area (TPSA) is 23.5 Å². The molecular weight excluding hydrogens is 366 g/mol. The van der Waals surface area contributed by atoms with Crippen molar-refractivity contribution in [1.29, 1.82) is 0 Å². The van der Waals surface area contributed by atoms with Gasteiger partial charge in [-0.05, 0) is 50.0 Å². The summed E-state index contributed by atoms with van der Waals surface area (Å²) in [5.41, 5.74) is 2.02. The minimum atomic E-state index is -0.434. The molecule has 0 saturated heterocycles. The van der Waals surface area contributed by atoms with Gasteiger partial charge in [-0.1, -0.05) is 102 Å². The highest BCUT2D eigenvalue weighted by Gasteiger charge is 2.14. The van der Waals surface area contributed by atoms with E-state index < -0.39 is 6.10 Å². The van der Waals surface area contributed by atoms with E-state index in [0.29, 0.717) is 0 Å². The highest BCUT2D eigenvalue weighted by atomic mass is 35.5. The first-order valence-corrected chi connectivity index (χ1v) is 12.1. The fourth-order valence-corrected chi connectivity index (χ4v) is 3.87. The Morgan fingerprint density at radius 3 is 1.82 bits per heavy atom. The van der Waals surface area contributed by atoms with Crippen LogP contribution in [0.25, 0.3) is 0 Å². The highest BCUT2D eigenvalue weighted by Crippen LogP contribution is 2.22. The molecule has 1 N–H and O–H groups in total. The molecule has 28 heavy (non-hydrogen) atoms. The van der Waals surface area contributed by atoms with Gasteiger partial charge in [0.15, 0.2) is 0 Å². The maximum absolute atomic E-state index is 10.8. The zero-order chi connectivity index (χ0) is 20.6. The number of hydrogen-bond acceptors (Lipinski definition) is 2. The van der Waals surface area contributed by atoms with Gasteiger partial charge in [-0.3, -0.25) is 0 Å². The van der Waals surface area contributed by atoms with Gasteiger partial charge in [0.2, 0.25) is 0 Å². The minimum absolute atomic E-state index is 0.434. The third-order valence-electron chi connectivity index (χ3n) is 5.65. The molecule has 1 aromatic rings. The van der Waals surface area contributed by atoms with Gasteiger partial charge in [-0.25, -0.2) is 0 Å². The van der Waals surface area contributed by atoms with E-state index in [2.05, 4.69) is 18.7 Å². The molecule has 3 heteroatoms. The van der Waals surface area contributed by atoms with Crippen molar-refractivity contribution in [3.05, 3.63) is 34.3 Å². The van der Waals surface area contributed by atoms with Gasteiger partial charge in [0.1, 0.15) is 0 Å². The SMILES string of the molecule is CCCCCCCCN(CCCCCCCC)CC(O)c1ccc(Cl)c(C)c1. The number of rotatable bonds is 17. The summed E-state index contributed by atoms with van der Waals surface area (Å²) < 4.78 is 0. The van der Waals surface area contributed by atoms with Gasteiger partial charge in [0.05, 0.1) is 6.10 Å². The van der Waals surface area contributed by atoms with Gasteiger partial charge < -0.3 is 10.0 Å². The molecule has 0 aliphatic carbocycles. The average molecular weight is 410 g/mol. The number of aliphatic hydroxyl groups is 1. The molecule has 2 nitrogen and oxygen atoms in total. The van der Waals surface area contributed by atoms with Crippen LogP contribution in [0.4, 0.5) is 0 Å². The van der Waals surface area contributed by atoms with Crippen molar-refractivity contribution in [2.24, 2.45) is 0 Å². The van der Waals surface area contributed by atoms with E-state index in [4.69, 9.17) is 11.6 Å². The largest absolute Gasteiger partial charge is 0.387 e. The Bertz CT molecular complexity index is 489. The van der Waals surface area contributed by atoms with Gasteiger partial charge in [-0.2, -0.15) is 0 Å². The summed E-state index contributed by atoms with van der Waals surface area (Å²) in [6.45, 7) is 9.47. The molecule has 162 valence electrons. The van der Waals surface area contributed by atoms with E-state index >= 15 is 0 Å². The van der Waals surface area contributed by atoms with Crippen LogP contribution in [0.15, 0.2) is 18.2 Å². The quantitative estimate of drug-likeness (QED) is 0.266. The Kier molecular flexibility index (Phi) is 14.8. The van der Waals surface area contributed by atoms with Crippen LogP contribution in [-0.4, -0.2) is 29.6 Å². The summed E-state index contributed by atoms with van der Waals surface area (Å²) in [6.07, 6.45) is 15.4.